The molecule has 4 nitrogen and oxygen atoms in total. The number of hydrogen-bond acceptors (Lipinski definition) is 2. The van der Waals surface area contributed by atoms with E-state index in [4.69, 9.17) is 11.6 Å². The van der Waals surface area contributed by atoms with Crippen LogP contribution in [0.15, 0.2) is 84.9 Å². The van der Waals surface area contributed by atoms with E-state index in [9.17, 15) is 9.90 Å². The topological polar surface area (TPSA) is 55.1 Å². The van der Waals surface area contributed by atoms with Crippen LogP contribution in [0.1, 0.15) is 10.4 Å². The molecule has 0 spiro atoms. The number of carboxylic acid groups (broad SMARTS) is 1. The van der Waals surface area contributed by atoms with Gasteiger partial charge in [-0.1, -0.05) is 72.3 Å². The van der Waals surface area contributed by atoms with Gasteiger partial charge >= 0.3 is 5.97 Å². The van der Waals surface area contributed by atoms with Crippen LogP contribution < -0.4 is 0 Å². The van der Waals surface area contributed by atoms with Gasteiger partial charge in [0.1, 0.15) is 11.3 Å². The summed E-state index contributed by atoms with van der Waals surface area (Å²) in [5.41, 5.74) is 3.38. The lowest BCUT2D eigenvalue weighted by molar-refractivity contribution is 0.0698. The van der Waals surface area contributed by atoms with E-state index in [0.717, 1.165) is 11.3 Å². The number of benzene rings is 3. The van der Waals surface area contributed by atoms with E-state index in [1.54, 1.807) is 28.9 Å². The van der Waals surface area contributed by atoms with E-state index in [1.165, 1.54) is 0 Å². The predicted molar refractivity (Wildman–Crippen MR) is 106 cm³/mol. The quantitative estimate of drug-likeness (QED) is 0.509. The van der Waals surface area contributed by atoms with Crippen molar-refractivity contribution < 1.29 is 9.90 Å². The molecule has 4 rings (SSSR count). The minimum atomic E-state index is -1.03. The second-order valence-electron chi connectivity index (χ2n) is 6.00. The molecule has 27 heavy (non-hydrogen) atoms. The van der Waals surface area contributed by atoms with Gasteiger partial charge in [0.15, 0.2) is 0 Å². The molecule has 3 aromatic carbocycles. The minimum absolute atomic E-state index is 0.160. The first-order valence-electron chi connectivity index (χ1n) is 8.38. The summed E-state index contributed by atoms with van der Waals surface area (Å²) in [4.78, 5) is 12.2. The molecular weight excluding hydrogens is 360 g/mol. The number of nitrogens with zero attached hydrogens (tertiary/aromatic N) is 2. The summed E-state index contributed by atoms with van der Waals surface area (Å²) in [5, 5.41) is 15.3. The number of carboxylic acids is 1. The number of aromatic nitrogens is 2. The number of halogens is 1. The van der Waals surface area contributed by atoms with Crippen molar-refractivity contribution in [3.63, 3.8) is 0 Å². The van der Waals surface area contributed by atoms with E-state index in [1.807, 2.05) is 60.7 Å². The maximum absolute atomic E-state index is 12.2. The number of aromatic carboxylic acids is 1. The minimum Gasteiger partial charge on any atom is -0.478 e. The van der Waals surface area contributed by atoms with Gasteiger partial charge in [-0.25, -0.2) is 9.48 Å². The van der Waals surface area contributed by atoms with Crippen LogP contribution in [0.3, 0.4) is 0 Å². The fourth-order valence-corrected chi connectivity index (χ4v) is 3.18. The Hall–Kier alpha value is -3.37. The highest BCUT2D eigenvalue weighted by Gasteiger charge is 2.26. The Morgan fingerprint density at radius 3 is 2.00 bits per heavy atom. The summed E-state index contributed by atoms with van der Waals surface area (Å²) in [7, 11) is 0. The van der Waals surface area contributed by atoms with E-state index in [-0.39, 0.29) is 5.56 Å². The average molecular weight is 375 g/mol. The van der Waals surface area contributed by atoms with Gasteiger partial charge in [-0.15, -0.1) is 0 Å². The standard InChI is InChI=1S/C22H15ClN2O2/c23-17-13-11-15(12-14-17)20-19(22(26)27)21(16-7-3-1-4-8-16)25(24-20)18-9-5-2-6-10-18/h1-14H,(H,26,27). The number of hydrogen-bond donors (Lipinski definition) is 1. The smallest absolute Gasteiger partial charge is 0.340 e. The summed E-state index contributed by atoms with van der Waals surface area (Å²) in [5.74, 6) is -1.03. The molecule has 132 valence electrons. The lowest BCUT2D eigenvalue weighted by Gasteiger charge is -2.08. The molecule has 1 N–H and O–H groups in total. The zero-order valence-electron chi connectivity index (χ0n) is 14.2. The average Bonchev–Trinajstić information content (AvgIpc) is 3.11. The second-order valence-corrected chi connectivity index (χ2v) is 6.43. The molecule has 0 unspecified atom stereocenters. The Labute approximate surface area is 161 Å². The molecule has 0 saturated heterocycles. The van der Waals surface area contributed by atoms with Crippen LogP contribution in [0.25, 0.3) is 28.2 Å². The van der Waals surface area contributed by atoms with E-state index >= 15 is 0 Å². The van der Waals surface area contributed by atoms with Gasteiger partial charge in [0, 0.05) is 16.1 Å². The molecule has 0 amide bonds. The molecule has 0 fully saturated rings. The van der Waals surface area contributed by atoms with Crippen LogP contribution in [-0.4, -0.2) is 20.9 Å². The zero-order valence-corrected chi connectivity index (χ0v) is 15.0. The normalized spacial score (nSPS) is 10.7. The Kier molecular flexibility index (Phi) is 4.48. The van der Waals surface area contributed by atoms with Gasteiger partial charge < -0.3 is 5.11 Å². The molecule has 5 heteroatoms. The first kappa shape index (κ1) is 17.1. The third-order valence-electron chi connectivity index (χ3n) is 4.26. The molecule has 0 bridgehead atoms. The van der Waals surface area contributed by atoms with Crippen molar-refractivity contribution in [2.75, 3.05) is 0 Å². The summed E-state index contributed by atoms with van der Waals surface area (Å²) in [6, 6.07) is 25.9. The fraction of sp³-hybridized carbons (Fsp3) is 0. The fourth-order valence-electron chi connectivity index (χ4n) is 3.05. The first-order chi connectivity index (χ1) is 13.1. The SMILES string of the molecule is O=C(O)c1c(-c2ccc(Cl)cc2)nn(-c2ccccc2)c1-c1ccccc1. The highest BCUT2D eigenvalue weighted by atomic mass is 35.5. The Morgan fingerprint density at radius 2 is 1.41 bits per heavy atom. The van der Waals surface area contributed by atoms with Gasteiger partial charge in [0.2, 0.25) is 0 Å². The lowest BCUT2D eigenvalue weighted by Crippen LogP contribution is -2.03. The summed E-state index contributed by atoms with van der Waals surface area (Å²) < 4.78 is 1.68. The molecular formula is C22H15ClN2O2. The molecule has 1 aromatic heterocycles. The molecule has 0 aliphatic rings. The molecule has 4 aromatic rings. The molecule has 0 saturated carbocycles. The first-order valence-corrected chi connectivity index (χ1v) is 8.76. The van der Waals surface area contributed by atoms with Gasteiger partial charge in [-0.2, -0.15) is 5.10 Å². The van der Waals surface area contributed by atoms with Crippen LogP contribution in [0.5, 0.6) is 0 Å². The van der Waals surface area contributed by atoms with Crippen molar-refractivity contribution in [3.05, 3.63) is 95.5 Å². The Balaban J connectivity index is 2.05. The number of para-hydroxylation sites is 1. The van der Waals surface area contributed by atoms with Crippen LogP contribution in [0, 0.1) is 0 Å². The molecule has 0 aliphatic carbocycles. The second kappa shape index (κ2) is 7.09. The highest BCUT2D eigenvalue weighted by Crippen LogP contribution is 2.34. The van der Waals surface area contributed by atoms with E-state index in [2.05, 4.69) is 5.10 Å². The van der Waals surface area contributed by atoms with Gasteiger partial charge in [-0.05, 0) is 24.3 Å². The monoisotopic (exact) mass is 374 g/mol. The Morgan fingerprint density at radius 1 is 0.815 bits per heavy atom. The Bertz CT molecular complexity index is 1090. The maximum atomic E-state index is 12.2. The van der Waals surface area contributed by atoms with Crippen LogP contribution in [-0.2, 0) is 0 Å². The van der Waals surface area contributed by atoms with Gasteiger partial charge in [-0.3, -0.25) is 0 Å². The van der Waals surface area contributed by atoms with Gasteiger partial charge in [0.25, 0.3) is 0 Å². The van der Waals surface area contributed by atoms with E-state index in [0.29, 0.717) is 22.0 Å². The number of carbonyl (C=O) groups is 1. The third-order valence-corrected chi connectivity index (χ3v) is 4.52. The summed E-state index contributed by atoms with van der Waals surface area (Å²) in [6.07, 6.45) is 0. The molecule has 0 aliphatic heterocycles. The van der Waals surface area contributed by atoms with Crippen molar-refractivity contribution in [2.45, 2.75) is 0 Å². The van der Waals surface area contributed by atoms with Crippen molar-refractivity contribution in [1.82, 2.24) is 9.78 Å². The van der Waals surface area contributed by atoms with Gasteiger partial charge in [0.05, 0.1) is 11.4 Å². The molecule has 1 heterocycles. The predicted octanol–water partition coefficient (Wildman–Crippen LogP) is 5.56. The molecule has 0 atom stereocenters. The maximum Gasteiger partial charge on any atom is 0.340 e. The van der Waals surface area contributed by atoms with Crippen LogP contribution in [0.4, 0.5) is 0 Å². The van der Waals surface area contributed by atoms with Crippen molar-refractivity contribution in [2.24, 2.45) is 0 Å². The highest BCUT2D eigenvalue weighted by molar-refractivity contribution is 6.30. The lowest BCUT2D eigenvalue weighted by atomic mass is 10.0. The van der Waals surface area contributed by atoms with Crippen LogP contribution in [0.2, 0.25) is 5.02 Å². The summed E-state index contributed by atoms with van der Waals surface area (Å²) >= 11 is 5.99. The van der Waals surface area contributed by atoms with E-state index < -0.39 is 5.97 Å². The van der Waals surface area contributed by atoms with Crippen LogP contribution >= 0.6 is 11.6 Å². The largest absolute Gasteiger partial charge is 0.478 e. The van der Waals surface area contributed by atoms with Crippen molar-refractivity contribution in [3.8, 4) is 28.2 Å². The van der Waals surface area contributed by atoms with Crippen molar-refractivity contribution >= 4 is 17.6 Å². The van der Waals surface area contributed by atoms with Crippen molar-refractivity contribution in [1.29, 1.82) is 0 Å². The zero-order chi connectivity index (χ0) is 18.8. The molecule has 0 radical (unpaired) electrons. The number of rotatable bonds is 4. The summed E-state index contributed by atoms with van der Waals surface area (Å²) in [6.45, 7) is 0. The third kappa shape index (κ3) is 3.23.